The van der Waals surface area contributed by atoms with Gasteiger partial charge in [0.05, 0.1) is 0 Å². The Balaban J connectivity index is 1.92. The number of nitrogens with zero attached hydrogens (tertiary/aromatic N) is 2. The van der Waals surface area contributed by atoms with Crippen LogP contribution < -0.4 is 10.1 Å². The van der Waals surface area contributed by atoms with Crippen molar-refractivity contribution < 1.29 is 9.53 Å². The monoisotopic (exact) mass is 337 g/mol. The largest absolute Gasteiger partial charge is 0.481 e. The molecule has 1 heterocycles. The molecule has 0 spiro atoms. The molecule has 2 rings (SSSR count). The van der Waals surface area contributed by atoms with Gasteiger partial charge in [-0.25, -0.2) is 0 Å². The summed E-state index contributed by atoms with van der Waals surface area (Å²) in [5.41, 5.74) is 1.09. The number of carbonyl (C=O) groups excluding carboxylic acids is 1. The summed E-state index contributed by atoms with van der Waals surface area (Å²) in [6.45, 7) is 7.86. The lowest BCUT2D eigenvalue weighted by Gasteiger charge is -2.13. The van der Waals surface area contributed by atoms with Crippen LogP contribution in [-0.2, 0) is 4.79 Å². The highest BCUT2D eigenvalue weighted by atomic mass is 32.2. The molecule has 22 heavy (non-hydrogen) atoms. The maximum Gasteiger partial charge on any atom is 0.266 e. The van der Waals surface area contributed by atoms with Crippen LogP contribution in [0.25, 0.3) is 0 Å². The van der Waals surface area contributed by atoms with Gasteiger partial charge >= 0.3 is 0 Å². The lowest BCUT2D eigenvalue weighted by molar-refractivity contribution is -0.122. The number of ether oxygens (including phenoxy) is 1. The number of anilines is 1. The second-order valence-electron chi connectivity index (χ2n) is 5.11. The second-order valence-corrected chi connectivity index (χ2v) is 7.91. The fourth-order valence-corrected chi connectivity index (χ4v) is 3.64. The van der Waals surface area contributed by atoms with Gasteiger partial charge in [-0.05, 0) is 31.5 Å². The number of nitrogens with one attached hydrogen (secondary N) is 1. The quantitative estimate of drug-likeness (QED) is 0.642. The molecule has 0 aliphatic carbocycles. The van der Waals surface area contributed by atoms with Crippen molar-refractivity contribution in [3.8, 4) is 5.75 Å². The summed E-state index contributed by atoms with van der Waals surface area (Å²) in [6, 6.07) is 7.60. The van der Waals surface area contributed by atoms with Gasteiger partial charge in [-0.2, -0.15) is 0 Å². The van der Waals surface area contributed by atoms with Crippen LogP contribution in [0, 0.1) is 6.92 Å². The van der Waals surface area contributed by atoms with E-state index in [0.717, 1.165) is 9.90 Å². The van der Waals surface area contributed by atoms with Gasteiger partial charge in [-0.1, -0.05) is 49.1 Å². The third-order valence-corrected chi connectivity index (χ3v) is 4.57. The SMILES string of the molecule is Cc1cccc(OC(C)C(=O)Nc2nnc(SC(C)C)s2)c1. The Morgan fingerprint density at radius 1 is 1.32 bits per heavy atom. The van der Waals surface area contributed by atoms with Crippen LogP contribution in [0.15, 0.2) is 28.6 Å². The van der Waals surface area contributed by atoms with E-state index in [2.05, 4.69) is 29.4 Å². The van der Waals surface area contributed by atoms with E-state index in [1.165, 1.54) is 11.3 Å². The number of hydrogen-bond acceptors (Lipinski definition) is 6. The summed E-state index contributed by atoms with van der Waals surface area (Å²) in [7, 11) is 0. The van der Waals surface area contributed by atoms with Crippen molar-refractivity contribution in [1.29, 1.82) is 0 Å². The summed E-state index contributed by atoms with van der Waals surface area (Å²) < 4.78 is 6.48. The molecular formula is C15H19N3O2S2. The first-order valence-electron chi connectivity index (χ1n) is 6.98. The van der Waals surface area contributed by atoms with Crippen molar-refractivity contribution in [3.05, 3.63) is 29.8 Å². The van der Waals surface area contributed by atoms with Gasteiger partial charge in [0.1, 0.15) is 5.75 Å². The fraction of sp³-hybridized carbons (Fsp3) is 0.400. The van der Waals surface area contributed by atoms with E-state index in [1.54, 1.807) is 18.7 Å². The van der Waals surface area contributed by atoms with Crippen LogP contribution in [-0.4, -0.2) is 27.5 Å². The first-order chi connectivity index (χ1) is 10.4. The topological polar surface area (TPSA) is 64.1 Å². The smallest absolute Gasteiger partial charge is 0.266 e. The van der Waals surface area contributed by atoms with Crippen LogP contribution >= 0.6 is 23.1 Å². The summed E-state index contributed by atoms with van der Waals surface area (Å²) in [5, 5.41) is 11.7. The number of benzene rings is 1. The van der Waals surface area contributed by atoms with Crippen molar-refractivity contribution in [3.63, 3.8) is 0 Å². The van der Waals surface area contributed by atoms with Crippen LogP contribution in [0.2, 0.25) is 0 Å². The van der Waals surface area contributed by atoms with Crippen molar-refractivity contribution in [2.24, 2.45) is 0 Å². The summed E-state index contributed by atoms with van der Waals surface area (Å²) >= 11 is 2.99. The summed E-state index contributed by atoms with van der Waals surface area (Å²) in [4.78, 5) is 12.1. The minimum atomic E-state index is -0.605. The molecule has 1 aromatic carbocycles. The minimum absolute atomic E-state index is 0.237. The lowest BCUT2D eigenvalue weighted by atomic mass is 10.2. The Kier molecular flexibility index (Phi) is 5.79. The predicted octanol–water partition coefficient (Wildman–Crippen LogP) is 3.75. The normalized spacial score (nSPS) is 12.2. The molecule has 2 aromatic rings. The van der Waals surface area contributed by atoms with Gasteiger partial charge in [0, 0.05) is 5.25 Å². The van der Waals surface area contributed by atoms with E-state index < -0.39 is 6.10 Å². The molecule has 0 radical (unpaired) electrons. The van der Waals surface area contributed by atoms with Gasteiger partial charge in [0.2, 0.25) is 5.13 Å². The van der Waals surface area contributed by atoms with E-state index in [1.807, 2.05) is 31.2 Å². The molecule has 7 heteroatoms. The van der Waals surface area contributed by atoms with Crippen LogP contribution in [0.3, 0.4) is 0 Å². The van der Waals surface area contributed by atoms with Crippen molar-refractivity contribution in [1.82, 2.24) is 10.2 Å². The van der Waals surface area contributed by atoms with Crippen LogP contribution in [0.4, 0.5) is 5.13 Å². The zero-order valence-corrected chi connectivity index (χ0v) is 14.6. The zero-order chi connectivity index (χ0) is 16.1. The molecule has 1 amide bonds. The maximum absolute atomic E-state index is 12.1. The zero-order valence-electron chi connectivity index (χ0n) is 13.0. The van der Waals surface area contributed by atoms with Crippen molar-refractivity contribution in [2.75, 3.05) is 5.32 Å². The predicted molar refractivity (Wildman–Crippen MR) is 90.8 cm³/mol. The molecule has 0 aliphatic rings. The molecule has 1 aromatic heterocycles. The molecule has 0 saturated carbocycles. The highest BCUT2D eigenvalue weighted by Crippen LogP contribution is 2.28. The molecular weight excluding hydrogens is 318 g/mol. The summed E-state index contributed by atoms with van der Waals surface area (Å²) in [6.07, 6.45) is -0.605. The van der Waals surface area contributed by atoms with Crippen LogP contribution in [0.1, 0.15) is 26.3 Å². The van der Waals surface area contributed by atoms with Crippen molar-refractivity contribution >= 4 is 34.1 Å². The van der Waals surface area contributed by atoms with Gasteiger partial charge in [0.25, 0.3) is 5.91 Å². The van der Waals surface area contributed by atoms with Gasteiger partial charge in [0.15, 0.2) is 10.4 Å². The molecule has 0 saturated heterocycles. The van der Waals surface area contributed by atoms with Crippen LogP contribution in [0.5, 0.6) is 5.75 Å². The van der Waals surface area contributed by atoms with E-state index in [-0.39, 0.29) is 5.91 Å². The first-order valence-corrected chi connectivity index (χ1v) is 8.68. The average Bonchev–Trinajstić information content (AvgIpc) is 2.85. The molecule has 1 atom stereocenters. The van der Waals surface area contributed by atoms with Gasteiger partial charge in [-0.15, -0.1) is 10.2 Å². The Bertz CT molecular complexity index is 643. The molecule has 5 nitrogen and oxygen atoms in total. The number of carbonyl (C=O) groups is 1. The van der Waals surface area contributed by atoms with Gasteiger partial charge < -0.3 is 4.74 Å². The van der Waals surface area contributed by atoms with E-state index in [0.29, 0.717) is 16.1 Å². The summed E-state index contributed by atoms with van der Waals surface area (Å²) in [5.74, 6) is 0.440. The van der Waals surface area contributed by atoms with Crippen molar-refractivity contribution in [2.45, 2.75) is 43.4 Å². The lowest BCUT2D eigenvalue weighted by Crippen LogP contribution is -2.30. The molecule has 0 aliphatic heterocycles. The fourth-order valence-electron chi connectivity index (χ4n) is 1.66. The Labute approximate surface area is 138 Å². The van der Waals surface area contributed by atoms with E-state index in [4.69, 9.17) is 4.74 Å². The third kappa shape index (κ3) is 4.99. The van der Waals surface area contributed by atoms with E-state index >= 15 is 0 Å². The Morgan fingerprint density at radius 2 is 2.09 bits per heavy atom. The highest BCUT2D eigenvalue weighted by molar-refractivity contribution is 8.01. The van der Waals surface area contributed by atoms with E-state index in [9.17, 15) is 4.79 Å². The molecule has 118 valence electrons. The number of rotatable bonds is 6. The second kappa shape index (κ2) is 7.60. The van der Waals surface area contributed by atoms with Gasteiger partial charge in [-0.3, -0.25) is 10.1 Å². The number of hydrogen-bond donors (Lipinski definition) is 1. The molecule has 0 bridgehead atoms. The number of thioether (sulfide) groups is 1. The maximum atomic E-state index is 12.1. The molecule has 1 unspecified atom stereocenters. The number of amides is 1. The Morgan fingerprint density at radius 3 is 2.77 bits per heavy atom. The standard InChI is InChI=1S/C15H19N3O2S2/c1-9(2)21-15-18-17-14(22-15)16-13(19)11(4)20-12-7-5-6-10(3)8-12/h5-9,11H,1-4H3,(H,16,17,19). The molecule has 0 fully saturated rings. The third-order valence-electron chi connectivity index (χ3n) is 2.64. The minimum Gasteiger partial charge on any atom is -0.481 e. The number of aromatic nitrogens is 2. The highest BCUT2D eigenvalue weighted by Gasteiger charge is 2.17. The molecule has 1 N–H and O–H groups in total. The Hall–Kier alpha value is -1.60. The average molecular weight is 337 g/mol. The number of aryl methyl sites for hydroxylation is 1. The first kappa shape index (κ1) is 16.8.